The number of nitrogens with zero attached hydrogens (tertiary/aromatic N) is 2. The molecule has 5 nitrogen and oxygen atoms in total. The molecule has 2 rings (SSSR count). The Morgan fingerprint density at radius 3 is 2.50 bits per heavy atom. The van der Waals surface area contributed by atoms with Crippen molar-refractivity contribution in [1.29, 1.82) is 0 Å². The van der Waals surface area contributed by atoms with Gasteiger partial charge in [0.05, 0.1) is 11.3 Å². The van der Waals surface area contributed by atoms with Crippen molar-refractivity contribution in [2.75, 3.05) is 0 Å². The van der Waals surface area contributed by atoms with Crippen molar-refractivity contribution in [2.24, 2.45) is 7.05 Å². The van der Waals surface area contributed by atoms with Crippen LogP contribution >= 0.6 is 0 Å². The highest BCUT2D eigenvalue weighted by Gasteiger charge is 2.12. The van der Waals surface area contributed by atoms with Crippen LogP contribution in [0.2, 0.25) is 0 Å². The monoisotopic (exact) mass is 218 g/mol. The standard InChI is InChI=1S/C11H10N2O3/c1-12-6-7-13(11(12)16)9-5-3-2-4-8(9)10(14)15/h2-7H,1H3,(H,14,15). The van der Waals surface area contributed by atoms with E-state index < -0.39 is 5.97 Å². The van der Waals surface area contributed by atoms with E-state index in [2.05, 4.69) is 0 Å². The van der Waals surface area contributed by atoms with Gasteiger partial charge in [0.2, 0.25) is 0 Å². The molecule has 5 heteroatoms. The lowest BCUT2D eigenvalue weighted by molar-refractivity contribution is 0.0697. The maximum Gasteiger partial charge on any atom is 0.337 e. The fourth-order valence-corrected chi connectivity index (χ4v) is 1.51. The van der Waals surface area contributed by atoms with Crippen LogP contribution in [0.5, 0.6) is 0 Å². The number of para-hydroxylation sites is 1. The van der Waals surface area contributed by atoms with Gasteiger partial charge in [0, 0.05) is 19.4 Å². The van der Waals surface area contributed by atoms with E-state index in [1.807, 2.05) is 0 Å². The number of carboxylic acid groups (broad SMARTS) is 1. The van der Waals surface area contributed by atoms with Gasteiger partial charge in [-0.2, -0.15) is 0 Å². The van der Waals surface area contributed by atoms with Crippen LogP contribution in [0.3, 0.4) is 0 Å². The third-order valence-electron chi connectivity index (χ3n) is 2.34. The molecule has 0 radical (unpaired) electrons. The van der Waals surface area contributed by atoms with Crippen molar-refractivity contribution < 1.29 is 9.90 Å². The molecule has 82 valence electrons. The largest absolute Gasteiger partial charge is 0.478 e. The van der Waals surface area contributed by atoms with E-state index in [-0.39, 0.29) is 11.3 Å². The first-order valence-corrected chi connectivity index (χ1v) is 4.68. The van der Waals surface area contributed by atoms with Gasteiger partial charge >= 0.3 is 11.7 Å². The van der Waals surface area contributed by atoms with E-state index in [0.29, 0.717) is 5.69 Å². The first-order valence-electron chi connectivity index (χ1n) is 4.68. The van der Waals surface area contributed by atoms with E-state index in [4.69, 9.17) is 5.11 Å². The Morgan fingerprint density at radius 2 is 1.94 bits per heavy atom. The van der Waals surface area contributed by atoms with E-state index >= 15 is 0 Å². The first kappa shape index (κ1) is 10.2. The van der Waals surface area contributed by atoms with Crippen LogP contribution in [0.1, 0.15) is 10.4 Å². The summed E-state index contributed by atoms with van der Waals surface area (Å²) in [6.45, 7) is 0. The van der Waals surface area contributed by atoms with Gasteiger partial charge in [-0.15, -0.1) is 0 Å². The molecule has 0 atom stereocenters. The van der Waals surface area contributed by atoms with Crippen LogP contribution in [0, 0.1) is 0 Å². The highest BCUT2D eigenvalue weighted by molar-refractivity contribution is 5.91. The average Bonchev–Trinajstić information content (AvgIpc) is 2.60. The zero-order valence-electron chi connectivity index (χ0n) is 8.62. The lowest BCUT2D eigenvalue weighted by Gasteiger charge is -2.04. The van der Waals surface area contributed by atoms with Gasteiger partial charge < -0.3 is 9.67 Å². The van der Waals surface area contributed by atoms with Gasteiger partial charge in [0.15, 0.2) is 0 Å². The van der Waals surface area contributed by atoms with Gasteiger partial charge in [-0.3, -0.25) is 4.57 Å². The zero-order chi connectivity index (χ0) is 11.7. The summed E-state index contributed by atoms with van der Waals surface area (Å²) in [6.07, 6.45) is 3.13. The molecule has 0 saturated heterocycles. The normalized spacial score (nSPS) is 10.3. The molecule has 1 heterocycles. The maximum absolute atomic E-state index is 11.7. The molecule has 0 aliphatic carbocycles. The van der Waals surface area contributed by atoms with Crippen molar-refractivity contribution in [3.63, 3.8) is 0 Å². The number of carboxylic acids is 1. The molecular formula is C11H10N2O3. The number of aromatic nitrogens is 2. The highest BCUT2D eigenvalue weighted by Crippen LogP contribution is 2.12. The van der Waals surface area contributed by atoms with Crippen molar-refractivity contribution in [3.05, 3.63) is 52.7 Å². The Morgan fingerprint density at radius 1 is 1.25 bits per heavy atom. The predicted molar refractivity (Wildman–Crippen MR) is 58.0 cm³/mol. The molecule has 1 N–H and O–H groups in total. The van der Waals surface area contributed by atoms with E-state index in [0.717, 1.165) is 0 Å². The number of hydrogen-bond donors (Lipinski definition) is 1. The van der Waals surface area contributed by atoms with E-state index in [9.17, 15) is 9.59 Å². The Labute approximate surface area is 91.2 Å². The first-order chi connectivity index (χ1) is 7.61. The number of imidazole rings is 1. The second-order valence-corrected chi connectivity index (χ2v) is 3.38. The SMILES string of the molecule is Cn1ccn(-c2ccccc2C(=O)O)c1=O. The Balaban J connectivity index is 2.69. The van der Waals surface area contributed by atoms with Gasteiger partial charge in [0.1, 0.15) is 0 Å². The molecule has 2 aromatic rings. The molecule has 0 bridgehead atoms. The number of hydrogen-bond acceptors (Lipinski definition) is 2. The zero-order valence-corrected chi connectivity index (χ0v) is 8.62. The summed E-state index contributed by atoms with van der Waals surface area (Å²) >= 11 is 0. The number of benzene rings is 1. The average molecular weight is 218 g/mol. The van der Waals surface area contributed by atoms with Gasteiger partial charge in [0.25, 0.3) is 0 Å². The third kappa shape index (κ3) is 1.52. The Bertz CT molecular complexity index is 595. The number of aromatic carboxylic acids is 1. The molecular weight excluding hydrogens is 208 g/mol. The quantitative estimate of drug-likeness (QED) is 0.813. The van der Waals surface area contributed by atoms with Crippen molar-refractivity contribution in [3.8, 4) is 5.69 Å². The molecule has 1 aromatic heterocycles. The van der Waals surface area contributed by atoms with Crippen LogP contribution < -0.4 is 5.69 Å². The molecule has 0 amide bonds. The fourth-order valence-electron chi connectivity index (χ4n) is 1.51. The van der Waals surface area contributed by atoms with Crippen LogP contribution in [-0.2, 0) is 7.05 Å². The smallest absolute Gasteiger partial charge is 0.337 e. The molecule has 0 spiro atoms. The second-order valence-electron chi connectivity index (χ2n) is 3.38. The highest BCUT2D eigenvalue weighted by atomic mass is 16.4. The van der Waals surface area contributed by atoms with Crippen LogP contribution in [0.4, 0.5) is 0 Å². The summed E-state index contributed by atoms with van der Waals surface area (Å²) in [5.74, 6) is -1.05. The summed E-state index contributed by atoms with van der Waals surface area (Å²) in [4.78, 5) is 22.7. The Kier molecular flexibility index (Phi) is 2.36. The molecule has 1 aromatic carbocycles. The fraction of sp³-hybridized carbons (Fsp3) is 0.0909. The molecule has 0 unspecified atom stereocenters. The number of aryl methyl sites for hydroxylation is 1. The van der Waals surface area contributed by atoms with Gasteiger partial charge in [-0.05, 0) is 12.1 Å². The van der Waals surface area contributed by atoms with Crippen LogP contribution in [0.15, 0.2) is 41.5 Å². The minimum absolute atomic E-state index is 0.107. The summed E-state index contributed by atoms with van der Waals surface area (Å²) < 4.78 is 2.70. The molecule has 0 saturated carbocycles. The molecule has 0 aliphatic rings. The van der Waals surface area contributed by atoms with Crippen molar-refractivity contribution in [1.82, 2.24) is 9.13 Å². The second kappa shape index (κ2) is 3.69. The molecule has 0 fully saturated rings. The minimum atomic E-state index is -1.05. The summed E-state index contributed by atoms with van der Waals surface area (Å²) in [5, 5.41) is 9.00. The summed E-state index contributed by atoms with van der Waals surface area (Å²) in [5.41, 5.74) is 0.213. The van der Waals surface area contributed by atoms with E-state index in [1.54, 1.807) is 37.6 Å². The lowest BCUT2D eigenvalue weighted by Crippen LogP contribution is -2.22. The van der Waals surface area contributed by atoms with Crippen LogP contribution in [-0.4, -0.2) is 20.2 Å². The van der Waals surface area contributed by atoms with Gasteiger partial charge in [-0.25, -0.2) is 9.59 Å². The molecule has 16 heavy (non-hydrogen) atoms. The number of rotatable bonds is 2. The summed E-state index contributed by atoms with van der Waals surface area (Å²) in [6, 6.07) is 6.39. The van der Waals surface area contributed by atoms with Gasteiger partial charge in [-0.1, -0.05) is 12.1 Å². The maximum atomic E-state index is 11.7. The van der Waals surface area contributed by atoms with Crippen molar-refractivity contribution in [2.45, 2.75) is 0 Å². The minimum Gasteiger partial charge on any atom is -0.478 e. The topological polar surface area (TPSA) is 64.2 Å². The summed E-state index contributed by atoms with van der Waals surface area (Å²) in [7, 11) is 1.61. The predicted octanol–water partition coefficient (Wildman–Crippen LogP) is 0.874. The van der Waals surface area contributed by atoms with Crippen LogP contribution in [0.25, 0.3) is 5.69 Å². The third-order valence-corrected chi connectivity index (χ3v) is 2.34. The number of carbonyl (C=O) groups is 1. The van der Waals surface area contributed by atoms with Crippen molar-refractivity contribution >= 4 is 5.97 Å². The van der Waals surface area contributed by atoms with E-state index in [1.165, 1.54) is 15.2 Å². The Hall–Kier alpha value is -2.30. The molecule has 0 aliphatic heterocycles. The lowest BCUT2D eigenvalue weighted by atomic mass is 10.2.